The molecule has 0 aromatic carbocycles. The molecule has 0 aliphatic carbocycles. The Labute approximate surface area is 113 Å². The summed E-state index contributed by atoms with van der Waals surface area (Å²) in [6, 6.07) is 0. The van der Waals surface area contributed by atoms with Crippen molar-refractivity contribution in [3.8, 4) is 0 Å². The fraction of sp³-hybridized carbons (Fsp3) is 0.700. The van der Waals surface area contributed by atoms with Crippen LogP contribution in [0.2, 0.25) is 0 Å². The van der Waals surface area contributed by atoms with Gasteiger partial charge in [-0.05, 0) is 6.92 Å². The van der Waals surface area contributed by atoms with Crippen molar-refractivity contribution in [2.24, 2.45) is 0 Å². The van der Waals surface area contributed by atoms with Crippen molar-refractivity contribution >= 4 is 16.4 Å². The van der Waals surface area contributed by atoms with Crippen LogP contribution in [0.15, 0.2) is 12.2 Å². The zero-order chi connectivity index (χ0) is 15.7. The number of hydrogen-bond donors (Lipinski definition) is 3. The summed E-state index contributed by atoms with van der Waals surface area (Å²) in [7, 11) is 1.24. The lowest BCUT2D eigenvalue weighted by molar-refractivity contribution is -0.873. The number of ether oxygens (including phenoxy) is 1. The average Bonchev–Trinajstić information content (AvgIpc) is 2.09. The third-order valence-electron chi connectivity index (χ3n) is 1.48. The van der Waals surface area contributed by atoms with E-state index in [1.54, 1.807) is 13.0 Å². The van der Waals surface area contributed by atoms with Crippen molar-refractivity contribution in [3.05, 3.63) is 12.2 Å². The van der Waals surface area contributed by atoms with E-state index in [-0.39, 0.29) is 6.61 Å². The van der Waals surface area contributed by atoms with E-state index < -0.39 is 22.5 Å². The summed E-state index contributed by atoms with van der Waals surface area (Å²) in [5.74, 6) is -0.409. The summed E-state index contributed by atoms with van der Waals surface area (Å²) in [6.45, 7) is 2.35. The highest BCUT2D eigenvalue weighted by Crippen LogP contribution is 1.96. The van der Waals surface area contributed by atoms with Gasteiger partial charge in [0.2, 0.25) is 0 Å². The Hall–Kier alpha value is -1.00. The highest BCUT2D eigenvalue weighted by atomic mass is 32.3. The Bertz CT molecular complexity index is 375. The lowest BCUT2D eigenvalue weighted by Gasteiger charge is -2.26. The van der Waals surface area contributed by atoms with E-state index in [1.165, 1.54) is 6.08 Å². The standard InChI is InChI=1S/C10H20NO3.H2O4S/c1-5-6-10(13)14-8-9(12)7-11(2,3)4;1-5(2,3)4/h5-6,9,12H,7-8H2,1-4H3;(H2,1,2,3,4)/q+1;. The Morgan fingerprint density at radius 1 is 1.32 bits per heavy atom. The molecule has 1 atom stereocenters. The predicted octanol–water partition coefficient (Wildman–Crippen LogP) is -0.480. The van der Waals surface area contributed by atoms with Gasteiger partial charge in [-0.1, -0.05) is 6.08 Å². The highest BCUT2D eigenvalue weighted by molar-refractivity contribution is 7.79. The van der Waals surface area contributed by atoms with E-state index in [9.17, 15) is 9.90 Å². The quantitative estimate of drug-likeness (QED) is 0.271. The number of carbonyl (C=O) groups excluding carboxylic acids is 1. The number of rotatable bonds is 5. The molecule has 0 aromatic heterocycles. The van der Waals surface area contributed by atoms with Gasteiger partial charge in [-0.3, -0.25) is 9.11 Å². The minimum Gasteiger partial charge on any atom is -0.460 e. The van der Waals surface area contributed by atoms with Crippen LogP contribution in [0.1, 0.15) is 6.92 Å². The SMILES string of the molecule is CC=CC(=O)OCC(O)C[N+](C)(C)C.O=S(=O)(O)O. The molecule has 0 amide bonds. The number of aliphatic hydroxyl groups excluding tert-OH is 1. The first kappa shape index (κ1) is 20.3. The number of likely N-dealkylation sites (N-methyl/N-ethyl adjacent to an activating group) is 1. The Balaban J connectivity index is 0. The third kappa shape index (κ3) is 26.6. The molecule has 19 heavy (non-hydrogen) atoms. The van der Waals surface area contributed by atoms with Crippen LogP contribution >= 0.6 is 0 Å². The van der Waals surface area contributed by atoms with Gasteiger partial charge in [-0.25, -0.2) is 4.79 Å². The van der Waals surface area contributed by atoms with Crippen LogP contribution in [-0.4, -0.2) is 73.5 Å². The predicted molar refractivity (Wildman–Crippen MR) is 68.9 cm³/mol. The fourth-order valence-corrected chi connectivity index (χ4v) is 1.05. The Kier molecular flexibility index (Phi) is 9.62. The topological polar surface area (TPSA) is 121 Å². The second-order valence-corrected chi connectivity index (χ2v) is 5.60. The summed E-state index contributed by atoms with van der Waals surface area (Å²) in [5.41, 5.74) is 0. The lowest BCUT2D eigenvalue weighted by atomic mass is 10.3. The van der Waals surface area contributed by atoms with Crippen molar-refractivity contribution in [1.29, 1.82) is 0 Å². The second-order valence-electron chi connectivity index (χ2n) is 4.70. The third-order valence-corrected chi connectivity index (χ3v) is 1.48. The summed E-state index contributed by atoms with van der Waals surface area (Å²) < 4.78 is 37.0. The van der Waals surface area contributed by atoms with Crippen LogP contribution in [0.5, 0.6) is 0 Å². The van der Waals surface area contributed by atoms with E-state index in [1.807, 2.05) is 21.1 Å². The number of hydrogen-bond acceptors (Lipinski definition) is 5. The molecule has 1 unspecified atom stereocenters. The highest BCUT2D eigenvalue weighted by Gasteiger charge is 2.16. The van der Waals surface area contributed by atoms with E-state index >= 15 is 0 Å². The minimum absolute atomic E-state index is 0.0543. The average molecular weight is 300 g/mol. The van der Waals surface area contributed by atoms with Crippen LogP contribution in [0.3, 0.4) is 0 Å². The number of allylic oxidation sites excluding steroid dienone is 1. The van der Waals surface area contributed by atoms with Crippen LogP contribution in [0, 0.1) is 0 Å². The molecule has 0 heterocycles. The van der Waals surface area contributed by atoms with Crippen molar-refractivity contribution < 1.29 is 36.6 Å². The number of nitrogens with zero attached hydrogens (tertiary/aromatic N) is 1. The van der Waals surface area contributed by atoms with Gasteiger partial charge >= 0.3 is 16.4 Å². The Morgan fingerprint density at radius 2 is 1.74 bits per heavy atom. The summed E-state index contributed by atoms with van der Waals surface area (Å²) in [6.07, 6.45) is 2.33. The molecule has 0 spiro atoms. The molecule has 0 fully saturated rings. The molecule has 0 radical (unpaired) electrons. The molecule has 3 N–H and O–H groups in total. The van der Waals surface area contributed by atoms with E-state index in [0.29, 0.717) is 11.0 Å². The molecule has 114 valence electrons. The number of aliphatic hydroxyl groups is 1. The maximum atomic E-state index is 10.9. The van der Waals surface area contributed by atoms with Crippen molar-refractivity contribution in [3.63, 3.8) is 0 Å². The van der Waals surface area contributed by atoms with Crippen molar-refractivity contribution in [2.75, 3.05) is 34.3 Å². The van der Waals surface area contributed by atoms with Gasteiger partial charge in [-0.2, -0.15) is 8.42 Å². The number of esters is 1. The zero-order valence-electron chi connectivity index (χ0n) is 11.5. The van der Waals surface area contributed by atoms with Crippen molar-refractivity contribution in [1.82, 2.24) is 0 Å². The number of carbonyl (C=O) groups is 1. The molecule has 9 heteroatoms. The van der Waals surface area contributed by atoms with Crippen LogP contribution in [0.4, 0.5) is 0 Å². The number of quaternary nitrogens is 1. The Morgan fingerprint density at radius 3 is 2.05 bits per heavy atom. The zero-order valence-corrected chi connectivity index (χ0v) is 12.3. The monoisotopic (exact) mass is 300 g/mol. The van der Waals surface area contributed by atoms with Gasteiger partial charge in [0.25, 0.3) is 0 Å². The maximum Gasteiger partial charge on any atom is 0.394 e. The van der Waals surface area contributed by atoms with Gasteiger partial charge < -0.3 is 14.3 Å². The van der Waals surface area contributed by atoms with Gasteiger partial charge in [0.15, 0.2) is 0 Å². The molecule has 0 rings (SSSR count). The van der Waals surface area contributed by atoms with Gasteiger partial charge in [0, 0.05) is 6.08 Å². The minimum atomic E-state index is -4.67. The van der Waals surface area contributed by atoms with E-state index in [2.05, 4.69) is 0 Å². The largest absolute Gasteiger partial charge is 0.460 e. The molecular formula is C10H22NO7S+. The van der Waals surface area contributed by atoms with Crippen molar-refractivity contribution in [2.45, 2.75) is 13.0 Å². The van der Waals surface area contributed by atoms with Gasteiger partial charge in [0.05, 0.1) is 21.1 Å². The molecule has 0 saturated carbocycles. The van der Waals surface area contributed by atoms with E-state index in [0.717, 1.165) is 0 Å². The molecule has 0 aromatic rings. The molecule has 8 nitrogen and oxygen atoms in total. The van der Waals surface area contributed by atoms with Crippen LogP contribution in [-0.2, 0) is 19.9 Å². The van der Waals surface area contributed by atoms with Gasteiger partial charge in [-0.15, -0.1) is 0 Å². The molecular weight excluding hydrogens is 278 g/mol. The molecule has 0 aliphatic heterocycles. The molecule has 0 saturated heterocycles. The summed E-state index contributed by atoms with van der Waals surface area (Å²) >= 11 is 0. The second kappa shape index (κ2) is 8.99. The summed E-state index contributed by atoms with van der Waals surface area (Å²) in [5, 5.41) is 9.48. The first-order valence-corrected chi connectivity index (χ1v) is 6.72. The smallest absolute Gasteiger partial charge is 0.394 e. The first-order valence-electron chi connectivity index (χ1n) is 5.33. The maximum absolute atomic E-state index is 10.9. The van der Waals surface area contributed by atoms with Gasteiger partial charge in [0.1, 0.15) is 19.3 Å². The van der Waals surface area contributed by atoms with Crippen LogP contribution < -0.4 is 0 Å². The summed E-state index contributed by atoms with van der Waals surface area (Å²) in [4.78, 5) is 10.9. The van der Waals surface area contributed by atoms with Crippen LogP contribution in [0.25, 0.3) is 0 Å². The molecule has 0 aliphatic rings. The lowest BCUT2D eigenvalue weighted by Crippen LogP contribution is -2.43. The first-order chi connectivity index (χ1) is 8.35. The molecule has 0 bridgehead atoms. The normalized spacial score (nSPS) is 13.6. The fourth-order valence-electron chi connectivity index (χ4n) is 1.05. The van der Waals surface area contributed by atoms with E-state index in [4.69, 9.17) is 22.3 Å².